The summed E-state index contributed by atoms with van der Waals surface area (Å²) in [4.78, 5) is 16.1. The molecule has 1 N–H and O–H groups in total. The van der Waals surface area contributed by atoms with Crippen molar-refractivity contribution < 1.29 is 9.53 Å². The van der Waals surface area contributed by atoms with E-state index in [1.54, 1.807) is 7.11 Å². The molecular formula is C17H21NO2. The van der Waals surface area contributed by atoms with Crippen LogP contribution < -0.4 is 4.74 Å². The van der Waals surface area contributed by atoms with E-state index in [4.69, 9.17) is 4.74 Å². The number of methoxy groups -OCH3 is 1. The number of Topliss-reactive ketones (excluding diaryl/α,β-unsaturated/α-hetero) is 1. The van der Waals surface area contributed by atoms with Crippen molar-refractivity contribution in [3.05, 3.63) is 30.0 Å². The number of hydrogen-bond acceptors (Lipinski definition) is 2. The first-order chi connectivity index (χ1) is 9.32. The standard InChI is InChI=1S/C17H21NO2/c1-16(2)15(17(16,3)4)14(19)10-9-18-11-7-6-8-12(20-5)13(10)11/h6-9,15,18H,1-5H3. The van der Waals surface area contributed by atoms with Crippen molar-refractivity contribution in [1.82, 2.24) is 4.98 Å². The summed E-state index contributed by atoms with van der Waals surface area (Å²) in [5.41, 5.74) is 1.80. The van der Waals surface area contributed by atoms with Gasteiger partial charge in [0.25, 0.3) is 0 Å². The third kappa shape index (κ3) is 1.49. The van der Waals surface area contributed by atoms with Crippen molar-refractivity contribution in [3.63, 3.8) is 0 Å². The number of carbonyl (C=O) groups excluding carboxylic acids is 1. The summed E-state index contributed by atoms with van der Waals surface area (Å²) in [6, 6.07) is 5.80. The van der Waals surface area contributed by atoms with Crippen LogP contribution in [0.4, 0.5) is 0 Å². The van der Waals surface area contributed by atoms with Crippen LogP contribution in [0.3, 0.4) is 0 Å². The second kappa shape index (κ2) is 3.87. The molecule has 3 heteroatoms. The van der Waals surface area contributed by atoms with Gasteiger partial charge in [-0.2, -0.15) is 0 Å². The Morgan fingerprint density at radius 2 is 1.85 bits per heavy atom. The number of aromatic nitrogens is 1. The van der Waals surface area contributed by atoms with E-state index in [1.165, 1.54) is 0 Å². The number of nitrogens with one attached hydrogen (secondary N) is 1. The molecule has 0 saturated heterocycles. The van der Waals surface area contributed by atoms with Gasteiger partial charge in [-0.3, -0.25) is 4.79 Å². The highest BCUT2D eigenvalue weighted by molar-refractivity contribution is 6.12. The Kier molecular flexibility index (Phi) is 2.56. The van der Waals surface area contributed by atoms with E-state index >= 15 is 0 Å². The molecule has 3 nitrogen and oxygen atoms in total. The average molecular weight is 271 g/mol. The third-order valence-corrected chi connectivity index (χ3v) is 5.44. The Labute approximate surface area is 119 Å². The molecule has 106 valence electrons. The van der Waals surface area contributed by atoms with Crippen molar-refractivity contribution >= 4 is 16.7 Å². The molecule has 2 aromatic rings. The lowest BCUT2D eigenvalue weighted by Crippen LogP contribution is -2.07. The molecule has 1 saturated carbocycles. The predicted octanol–water partition coefficient (Wildman–Crippen LogP) is 4.04. The molecule has 0 unspecified atom stereocenters. The fraction of sp³-hybridized carbons (Fsp3) is 0.471. The largest absolute Gasteiger partial charge is 0.496 e. The van der Waals surface area contributed by atoms with Crippen LogP contribution >= 0.6 is 0 Å². The molecule has 1 aliphatic rings. The zero-order valence-electron chi connectivity index (χ0n) is 12.7. The Balaban J connectivity index is 2.11. The van der Waals surface area contributed by atoms with Gasteiger partial charge >= 0.3 is 0 Å². The Morgan fingerprint density at radius 3 is 2.40 bits per heavy atom. The molecule has 0 atom stereocenters. The molecule has 1 aromatic heterocycles. The fourth-order valence-electron chi connectivity index (χ4n) is 3.52. The quantitative estimate of drug-likeness (QED) is 0.856. The van der Waals surface area contributed by atoms with Gasteiger partial charge in [-0.05, 0) is 23.0 Å². The maximum Gasteiger partial charge on any atom is 0.169 e. The fourth-order valence-corrected chi connectivity index (χ4v) is 3.52. The second-order valence-electron chi connectivity index (χ2n) is 6.83. The minimum atomic E-state index is 0.0513. The van der Waals surface area contributed by atoms with E-state index in [9.17, 15) is 4.79 Å². The molecule has 1 aliphatic carbocycles. The van der Waals surface area contributed by atoms with Crippen molar-refractivity contribution in [2.45, 2.75) is 27.7 Å². The van der Waals surface area contributed by atoms with Crippen LogP contribution in [-0.2, 0) is 0 Å². The Bertz CT molecular complexity index is 680. The molecule has 0 bridgehead atoms. The van der Waals surface area contributed by atoms with Gasteiger partial charge in [0.1, 0.15) is 5.75 Å². The Morgan fingerprint density at radius 1 is 1.20 bits per heavy atom. The highest BCUT2D eigenvalue weighted by Crippen LogP contribution is 2.69. The van der Waals surface area contributed by atoms with Gasteiger partial charge < -0.3 is 9.72 Å². The molecule has 1 fully saturated rings. The normalized spacial score (nSPS) is 20.1. The third-order valence-electron chi connectivity index (χ3n) is 5.44. The van der Waals surface area contributed by atoms with Crippen molar-refractivity contribution in [2.24, 2.45) is 16.7 Å². The van der Waals surface area contributed by atoms with E-state index in [0.29, 0.717) is 0 Å². The van der Waals surface area contributed by atoms with Gasteiger partial charge in [-0.1, -0.05) is 33.8 Å². The smallest absolute Gasteiger partial charge is 0.169 e. The summed E-state index contributed by atoms with van der Waals surface area (Å²) >= 11 is 0. The van der Waals surface area contributed by atoms with Crippen LogP contribution in [0.2, 0.25) is 0 Å². The summed E-state index contributed by atoms with van der Waals surface area (Å²) < 4.78 is 5.41. The van der Waals surface area contributed by atoms with Gasteiger partial charge in [0, 0.05) is 23.2 Å². The average Bonchev–Trinajstić information content (AvgIpc) is 2.73. The number of ether oxygens (including phenoxy) is 1. The summed E-state index contributed by atoms with van der Waals surface area (Å²) in [6.45, 7) is 8.67. The Hall–Kier alpha value is -1.77. The first-order valence-electron chi connectivity index (χ1n) is 7.00. The van der Waals surface area contributed by atoms with Crippen LogP contribution in [0.1, 0.15) is 38.1 Å². The monoisotopic (exact) mass is 271 g/mol. The van der Waals surface area contributed by atoms with E-state index in [-0.39, 0.29) is 22.5 Å². The van der Waals surface area contributed by atoms with Gasteiger partial charge in [0.05, 0.1) is 12.5 Å². The van der Waals surface area contributed by atoms with E-state index in [1.807, 2.05) is 24.4 Å². The first-order valence-corrected chi connectivity index (χ1v) is 7.00. The number of fused-ring (bicyclic) bond motifs is 1. The lowest BCUT2D eigenvalue weighted by atomic mass is 10.0. The molecule has 0 radical (unpaired) electrons. The highest BCUT2D eigenvalue weighted by atomic mass is 16.5. The number of aromatic amines is 1. The van der Waals surface area contributed by atoms with Gasteiger partial charge in [0.2, 0.25) is 0 Å². The van der Waals surface area contributed by atoms with E-state index in [2.05, 4.69) is 32.7 Å². The number of rotatable bonds is 3. The van der Waals surface area contributed by atoms with Crippen LogP contribution in [0.15, 0.2) is 24.4 Å². The van der Waals surface area contributed by atoms with Crippen molar-refractivity contribution in [1.29, 1.82) is 0 Å². The maximum absolute atomic E-state index is 12.9. The van der Waals surface area contributed by atoms with Gasteiger partial charge in [-0.15, -0.1) is 0 Å². The lowest BCUT2D eigenvalue weighted by molar-refractivity contribution is 0.0946. The minimum Gasteiger partial charge on any atom is -0.496 e. The molecule has 1 aromatic carbocycles. The van der Waals surface area contributed by atoms with E-state index in [0.717, 1.165) is 22.2 Å². The molecule has 3 rings (SSSR count). The summed E-state index contributed by atoms with van der Waals surface area (Å²) in [6.07, 6.45) is 1.82. The van der Waals surface area contributed by atoms with Crippen molar-refractivity contribution in [3.8, 4) is 5.75 Å². The molecule has 0 aliphatic heterocycles. The molecule has 0 spiro atoms. The molecule has 20 heavy (non-hydrogen) atoms. The number of benzene rings is 1. The zero-order chi connectivity index (χ0) is 14.7. The number of hydrogen-bond donors (Lipinski definition) is 1. The lowest BCUT2D eigenvalue weighted by Gasteiger charge is -2.05. The van der Waals surface area contributed by atoms with Gasteiger partial charge in [0.15, 0.2) is 5.78 Å². The predicted molar refractivity (Wildman–Crippen MR) is 80.2 cm³/mol. The molecule has 0 amide bonds. The van der Waals surface area contributed by atoms with E-state index < -0.39 is 0 Å². The van der Waals surface area contributed by atoms with Crippen LogP contribution in [0.5, 0.6) is 5.75 Å². The minimum absolute atomic E-state index is 0.0513. The van der Waals surface area contributed by atoms with Crippen molar-refractivity contribution in [2.75, 3.05) is 7.11 Å². The molecular weight excluding hydrogens is 250 g/mol. The zero-order valence-corrected chi connectivity index (χ0v) is 12.7. The molecule has 1 heterocycles. The number of ketones is 1. The van der Waals surface area contributed by atoms with Crippen LogP contribution in [0.25, 0.3) is 10.9 Å². The van der Waals surface area contributed by atoms with Crippen LogP contribution in [0, 0.1) is 16.7 Å². The first kappa shape index (κ1) is 13.2. The summed E-state index contributed by atoms with van der Waals surface area (Å²) in [5.74, 6) is 1.04. The SMILES string of the molecule is COc1cccc2[nH]cc(C(=O)C3C(C)(C)C3(C)C)c12. The highest BCUT2D eigenvalue weighted by Gasteiger charge is 2.68. The number of carbonyl (C=O) groups is 1. The summed E-state index contributed by atoms with van der Waals surface area (Å²) in [7, 11) is 1.64. The summed E-state index contributed by atoms with van der Waals surface area (Å²) in [5, 5.41) is 0.901. The maximum atomic E-state index is 12.9. The van der Waals surface area contributed by atoms with Crippen LogP contribution in [-0.4, -0.2) is 17.9 Å². The number of H-pyrrole nitrogens is 1. The second-order valence-corrected chi connectivity index (χ2v) is 6.83. The van der Waals surface area contributed by atoms with Gasteiger partial charge in [-0.25, -0.2) is 0 Å². The topological polar surface area (TPSA) is 42.1 Å².